The van der Waals surface area contributed by atoms with Crippen molar-refractivity contribution in [1.29, 1.82) is 0 Å². The molecular weight excluding hydrogens is 306 g/mol. The topological polar surface area (TPSA) is 73.4 Å². The van der Waals surface area contributed by atoms with E-state index < -0.39 is 11.3 Å². The molecule has 0 aromatic heterocycles. The lowest BCUT2D eigenvalue weighted by atomic mass is 10.1. The molecule has 0 radical (unpaired) electrons. The van der Waals surface area contributed by atoms with E-state index in [2.05, 4.69) is 28.6 Å². The van der Waals surface area contributed by atoms with Gasteiger partial charge in [-0.3, -0.25) is 9.27 Å². The van der Waals surface area contributed by atoms with Crippen LogP contribution in [0.4, 0.5) is 11.4 Å². The number of rotatable bonds is 4. The Morgan fingerprint density at radius 3 is 2.95 bits per heavy atom. The maximum absolute atomic E-state index is 10.8. The zero-order valence-electron chi connectivity index (χ0n) is 10.6. The maximum Gasteiger partial charge on any atom is 0.259 e. The lowest BCUT2D eigenvalue weighted by Crippen LogP contribution is -2.36. The first-order chi connectivity index (χ1) is 8.95. The van der Waals surface area contributed by atoms with Crippen LogP contribution in [0, 0.1) is 5.92 Å². The van der Waals surface area contributed by atoms with Crippen LogP contribution in [0.5, 0.6) is 0 Å². The van der Waals surface area contributed by atoms with Gasteiger partial charge in [0.25, 0.3) is 11.3 Å². The van der Waals surface area contributed by atoms with E-state index in [0.717, 1.165) is 17.0 Å². The van der Waals surface area contributed by atoms with Crippen molar-refractivity contribution >= 4 is 46.2 Å². The van der Waals surface area contributed by atoms with E-state index in [1.807, 2.05) is 0 Å². The SMILES string of the molecule is CC(C)CC1NSc2cc(NS(=O)O)c(Cl)cc2N1. The van der Waals surface area contributed by atoms with Gasteiger partial charge in [0.1, 0.15) is 0 Å². The number of hydrogen-bond donors (Lipinski definition) is 4. The summed E-state index contributed by atoms with van der Waals surface area (Å²) < 4.78 is 25.3. The standard InChI is InChI=1S/C11H16ClN3O2S2/c1-6(2)3-11-13-9-4-7(12)8(15-19(16)17)5-10(9)18-14-11/h4-6,11,13-15H,3H2,1-2H3,(H,16,17). The Bertz CT molecular complexity index is 499. The zero-order valence-corrected chi connectivity index (χ0v) is 13.0. The third kappa shape index (κ3) is 4.00. The molecule has 2 rings (SSSR count). The first-order valence-electron chi connectivity index (χ1n) is 5.85. The summed E-state index contributed by atoms with van der Waals surface area (Å²) in [7, 11) is 0. The number of hydrogen-bond acceptors (Lipinski definition) is 4. The van der Waals surface area contributed by atoms with Gasteiger partial charge < -0.3 is 5.32 Å². The molecule has 8 heteroatoms. The van der Waals surface area contributed by atoms with Crippen LogP contribution in [0.1, 0.15) is 20.3 Å². The number of fused-ring (bicyclic) bond motifs is 1. The van der Waals surface area contributed by atoms with E-state index in [-0.39, 0.29) is 6.17 Å². The van der Waals surface area contributed by atoms with Gasteiger partial charge in [0.15, 0.2) is 0 Å². The van der Waals surface area contributed by atoms with Crippen molar-refractivity contribution in [2.24, 2.45) is 5.92 Å². The van der Waals surface area contributed by atoms with Crippen LogP contribution in [-0.2, 0) is 11.3 Å². The number of benzene rings is 1. The van der Waals surface area contributed by atoms with Crippen molar-refractivity contribution in [3.8, 4) is 0 Å². The van der Waals surface area contributed by atoms with Gasteiger partial charge in [-0.15, -0.1) is 0 Å². The fraction of sp³-hybridized carbons (Fsp3) is 0.455. The normalized spacial score (nSPS) is 19.7. The van der Waals surface area contributed by atoms with Crippen molar-refractivity contribution in [3.05, 3.63) is 17.2 Å². The molecule has 1 aliphatic heterocycles. The Hall–Kier alpha value is -0.470. The maximum atomic E-state index is 10.8. The predicted molar refractivity (Wildman–Crippen MR) is 81.7 cm³/mol. The Balaban J connectivity index is 2.18. The second-order valence-corrected chi connectivity index (χ2v) is 6.72. The third-order valence-electron chi connectivity index (χ3n) is 2.61. The van der Waals surface area contributed by atoms with E-state index in [4.69, 9.17) is 16.2 Å². The van der Waals surface area contributed by atoms with E-state index in [9.17, 15) is 4.21 Å². The van der Waals surface area contributed by atoms with Crippen LogP contribution in [-0.4, -0.2) is 14.9 Å². The summed E-state index contributed by atoms with van der Waals surface area (Å²) in [5.41, 5.74) is 1.38. The molecule has 5 nitrogen and oxygen atoms in total. The van der Waals surface area contributed by atoms with Gasteiger partial charge in [-0.05, 0) is 36.4 Å². The molecule has 1 aliphatic rings. The molecule has 0 fully saturated rings. The fourth-order valence-corrected chi connectivity index (χ4v) is 3.31. The molecule has 2 unspecified atom stereocenters. The molecule has 0 saturated carbocycles. The number of nitrogens with one attached hydrogen (secondary N) is 3. The van der Waals surface area contributed by atoms with Gasteiger partial charge in [0.05, 0.1) is 22.6 Å². The van der Waals surface area contributed by atoms with Crippen LogP contribution in [0.25, 0.3) is 0 Å². The molecule has 1 aromatic rings. The molecule has 1 heterocycles. The molecule has 2 atom stereocenters. The Morgan fingerprint density at radius 2 is 2.32 bits per heavy atom. The Kier molecular flexibility index (Phi) is 4.97. The highest BCUT2D eigenvalue weighted by molar-refractivity contribution is 7.97. The predicted octanol–water partition coefficient (Wildman–Crippen LogP) is 3.28. The molecule has 0 amide bonds. The summed E-state index contributed by atoms with van der Waals surface area (Å²) in [6.07, 6.45) is 1.20. The monoisotopic (exact) mass is 321 g/mol. The highest BCUT2D eigenvalue weighted by Crippen LogP contribution is 2.37. The van der Waals surface area contributed by atoms with Crippen molar-refractivity contribution in [2.45, 2.75) is 31.3 Å². The van der Waals surface area contributed by atoms with Gasteiger partial charge in [0, 0.05) is 4.90 Å². The minimum Gasteiger partial charge on any atom is -0.368 e. The number of anilines is 2. The Morgan fingerprint density at radius 1 is 1.58 bits per heavy atom. The largest absolute Gasteiger partial charge is 0.368 e. The van der Waals surface area contributed by atoms with Gasteiger partial charge in [-0.1, -0.05) is 25.4 Å². The van der Waals surface area contributed by atoms with E-state index in [1.165, 1.54) is 11.9 Å². The first-order valence-corrected chi connectivity index (χ1v) is 8.16. The van der Waals surface area contributed by atoms with Crippen molar-refractivity contribution in [3.63, 3.8) is 0 Å². The molecular formula is C11H16ClN3O2S2. The van der Waals surface area contributed by atoms with Crippen LogP contribution in [0.2, 0.25) is 5.02 Å². The zero-order chi connectivity index (χ0) is 14.0. The molecule has 0 aliphatic carbocycles. The average molecular weight is 322 g/mol. The van der Waals surface area contributed by atoms with E-state index in [0.29, 0.717) is 16.6 Å². The quantitative estimate of drug-likeness (QED) is 0.506. The van der Waals surface area contributed by atoms with Crippen LogP contribution < -0.4 is 14.8 Å². The minimum atomic E-state index is -2.13. The minimum absolute atomic E-state index is 0.194. The molecule has 106 valence electrons. The van der Waals surface area contributed by atoms with Crippen LogP contribution >= 0.6 is 23.5 Å². The van der Waals surface area contributed by atoms with Crippen molar-refractivity contribution in [1.82, 2.24) is 4.72 Å². The van der Waals surface area contributed by atoms with Gasteiger partial charge in [-0.25, -0.2) is 8.93 Å². The molecule has 4 N–H and O–H groups in total. The second-order valence-electron chi connectivity index (χ2n) is 4.73. The molecule has 0 bridgehead atoms. The highest BCUT2D eigenvalue weighted by atomic mass is 35.5. The second kappa shape index (κ2) is 6.32. The summed E-state index contributed by atoms with van der Waals surface area (Å²) >= 11 is 5.45. The lowest BCUT2D eigenvalue weighted by molar-refractivity contribution is 0.506. The van der Waals surface area contributed by atoms with Crippen molar-refractivity contribution in [2.75, 3.05) is 10.0 Å². The lowest BCUT2D eigenvalue weighted by Gasteiger charge is -2.29. The fourth-order valence-electron chi connectivity index (χ4n) is 1.85. The first kappa shape index (κ1) is 14.9. The summed E-state index contributed by atoms with van der Waals surface area (Å²) in [5, 5.41) is 3.78. The average Bonchev–Trinajstić information content (AvgIpc) is 2.29. The smallest absolute Gasteiger partial charge is 0.259 e. The van der Waals surface area contributed by atoms with E-state index >= 15 is 0 Å². The summed E-state index contributed by atoms with van der Waals surface area (Å²) in [6.45, 7) is 4.33. The summed E-state index contributed by atoms with van der Waals surface area (Å²) in [4.78, 5) is 0.942. The summed E-state index contributed by atoms with van der Waals surface area (Å²) in [5.74, 6) is 0.584. The van der Waals surface area contributed by atoms with E-state index in [1.54, 1.807) is 12.1 Å². The molecule has 0 saturated heterocycles. The van der Waals surface area contributed by atoms with Crippen LogP contribution in [0.3, 0.4) is 0 Å². The van der Waals surface area contributed by atoms with Gasteiger partial charge >= 0.3 is 0 Å². The Labute approximate surface area is 124 Å². The van der Waals surface area contributed by atoms with Crippen LogP contribution in [0.15, 0.2) is 17.0 Å². The van der Waals surface area contributed by atoms with Crippen molar-refractivity contribution < 1.29 is 8.76 Å². The summed E-state index contributed by atoms with van der Waals surface area (Å²) in [6, 6.07) is 3.52. The highest BCUT2D eigenvalue weighted by Gasteiger charge is 2.20. The third-order valence-corrected chi connectivity index (χ3v) is 4.28. The molecule has 0 spiro atoms. The van der Waals surface area contributed by atoms with Gasteiger partial charge in [-0.2, -0.15) is 0 Å². The molecule has 19 heavy (non-hydrogen) atoms. The number of halogens is 1. The molecule has 1 aromatic carbocycles. The van der Waals surface area contributed by atoms with Gasteiger partial charge in [0.2, 0.25) is 0 Å².